The summed E-state index contributed by atoms with van der Waals surface area (Å²) in [6, 6.07) is 0.270. The number of amides is 1. The van der Waals surface area contributed by atoms with Crippen LogP contribution >= 0.6 is 11.3 Å². The molecule has 2 aliphatic rings. The first-order valence-electron chi connectivity index (χ1n) is 5.51. The predicted molar refractivity (Wildman–Crippen MR) is 63.4 cm³/mol. The van der Waals surface area contributed by atoms with Crippen LogP contribution in [0.5, 0.6) is 0 Å². The summed E-state index contributed by atoms with van der Waals surface area (Å²) >= 11 is 1.50. The molecule has 2 fully saturated rings. The second kappa shape index (κ2) is 3.62. The molecule has 2 atom stereocenters. The Bertz CT molecular complexity index is 419. The highest BCUT2D eigenvalue weighted by molar-refractivity contribution is 7.19. The Hall–Kier alpha value is -1.30. The van der Waals surface area contributed by atoms with E-state index in [1.54, 1.807) is 6.20 Å². The molecule has 0 bridgehead atoms. The van der Waals surface area contributed by atoms with Gasteiger partial charge < -0.3 is 16.0 Å². The standard InChI is InChI=1S/C10H14N4OS/c11-8-5-13-10(16-8)14-3-1-2-6-7(14)4-12-9(6)15/h5-7H,1-4,11H2,(H,12,15). The van der Waals surface area contributed by atoms with Crippen molar-refractivity contribution >= 4 is 27.4 Å². The minimum Gasteiger partial charge on any atom is -0.389 e. The van der Waals surface area contributed by atoms with Gasteiger partial charge in [0.1, 0.15) is 5.00 Å². The van der Waals surface area contributed by atoms with Crippen LogP contribution in [0.4, 0.5) is 10.1 Å². The molecule has 0 saturated carbocycles. The number of nitrogen functional groups attached to an aromatic ring is 1. The summed E-state index contributed by atoms with van der Waals surface area (Å²) in [6.45, 7) is 1.71. The lowest BCUT2D eigenvalue weighted by molar-refractivity contribution is -0.122. The van der Waals surface area contributed by atoms with Crippen LogP contribution in [0.2, 0.25) is 0 Å². The number of hydrogen-bond donors (Lipinski definition) is 2. The molecule has 3 N–H and O–H groups in total. The number of aromatic nitrogens is 1. The summed E-state index contributed by atoms with van der Waals surface area (Å²) in [5.41, 5.74) is 5.70. The van der Waals surface area contributed by atoms with E-state index in [1.165, 1.54) is 11.3 Å². The molecular formula is C10H14N4OS. The number of anilines is 2. The molecule has 2 unspecified atom stereocenters. The SMILES string of the molecule is Nc1cnc(N2CCCC3C(=O)NCC32)s1. The molecule has 1 aromatic rings. The van der Waals surface area contributed by atoms with Crippen LogP contribution in [0.25, 0.3) is 0 Å². The van der Waals surface area contributed by atoms with Gasteiger partial charge in [-0.25, -0.2) is 4.98 Å². The Kier molecular flexibility index (Phi) is 2.24. The second-order valence-corrected chi connectivity index (χ2v) is 5.34. The topological polar surface area (TPSA) is 71.2 Å². The Morgan fingerprint density at radius 2 is 2.50 bits per heavy atom. The maximum atomic E-state index is 11.6. The number of piperidine rings is 1. The zero-order valence-corrected chi connectivity index (χ0v) is 9.67. The van der Waals surface area contributed by atoms with Crippen molar-refractivity contribution in [3.8, 4) is 0 Å². The number of carbonyl (C=O) groups is 1. The third-order valence-electron chi connectivity index (χ3n) is 3.36. The fraction of sp³-hybridized carbons (Fsp3) is 0.600. The first kappa shape index (κ1) is 9.89. The first-order chi connectivity index (χ1) is 7.75. The lowest BCUT2D eigenvalue weighted by atomic mass is 9.92. The van der Waals surface area contributed by atoms with Crippen LogP contribution in [0, 0.1) is 5.92 Å². The zero-order valence-electron chi connectivity index (χ0n) is 8.85. The average Bonchev–Trinajstić information content (AvgIpc) is 2.86. The van der Waals surface area contributed by atoms with Gasteiger partial charge >= 0.3 is 0 Å². The van der Waals surface area contributed by atoms with E-state index in [2.05, 4.69) is 15.2 Å². The number of hydrogen-bond acceptors (Lipinski definition) is 5. The molecular weight excluding hydrogens is 224 g/mol. The van der Waals surface area contributed by atoms with Crippen molar-refractivity contribution in [2.75, 3.05) is 23.7 Å². The van der Waals surface area contributed by atoms with E-state index in [4.69, 9.17) is 5.73 Å². The number of rotatable bonds is 1. The Labute approximate surface area is 97.6 Å². The monoisotopic (exact) mass is 238 g/mol. The summed E-state index contributed by atoms with van der Waals surface area (Å²) in [6.07, 6.45) is 3.73. The van der Waals surface area contributed by atoms with Gasteiger partial charge in [0.2, 0.25) is 5.91 Å². The number of nitrogens with two attached hydrogens (primary N) is 1. The first-order valence-corrected chi connectivity index (χ1v) is 6.33. The Balaban J connectivity index is 1.87. The van der Waals surface area contributed by atoms with Crippen LogP contribution < -0.4 is 16.0 Å². The fourth-order valence-electron chi connectivity index (χ4n) is 2.60. The minimum absolute atomic E-state index is 0.138. The number of fused-ring (bicyclic) bond motifs is 1. The average molecular weight is 238 g/mol. The summed E-state index contributed by atoms with van der Waals surface area (Å²) in [4.78, 5) is 18.1. The van der Waals surface area contributed by atoms with Gasteiger partial charge in [-0.05, 0) is 12.8 Å². The molecule has 1 aromatic heterocycles. The molecule has 3 rings (SSSR count). The minimum atomic E-state index is 0.138. The smallest absolute Gasteiger partial charge is 0.225 e. The van der Waals surface area contributed by atoms with Crippen molar-refractivity contribution in [3.63, 3.8) is 0 Å². The van der Waals surface area contributed by atoms with E-state index in [1.807, 2.05) is 0 Å². The summed E-state index contributed by atoms with van der Waals surface area (Å²) in [5, 5.41) is 4.61. The van der Waals surface area contributed by atoms with Crippen molar-refractivity contribution in [2.24, 2.45) is 5.92 Å². The largest absolute Gasteiger partial charge is 0.389 e. The van der Waals surface area contributed by atoms with Gasteiger partial charge in [-0.15, -0.1) is 0 Å². The number of nitrogens with one attached hydrogen (secondary N) is 1. The normalized spacial score (nSPS) is 29.0. The molecule has 3 heterocycles. The summed E-state index contributed by atoms with van der Waals surface area (Å²) in [5.74, 6) is 0.332. The van der Waals surface area contributed by atoms with E-state index in [-0.39, 0.29) is 17.9 Å². The highest BCUT2D eigenvalue weighted by atomic mass is 32.1. The van der Waals surface area contributed by atoms with Crippen molar-refractivity contribution in [1.29, 1.82) is 0 Å². The van der Waals surface area contributed by atoms with Gasteiger partial charge in [-0.2, -0.15) is 0 Å². The zero-order chi connectivity index (χ0) is 11.1. The van der Waals surface area contributed by atoms with Crippen molar-refractivity contribution in [1.82, 2.24) is 10.3 Å². The summed E-state index contributed by atoms with van der Waals surface area (Å²) in [7, 11) is 0. The molecule has 2 aliphatic heterocycles. The number of nitrogens with zero attached hydrogens (tertiary/aromatic N) is 2. The molecule has 0 radical (unpaired) electrons. The molecule has 0 spiro atoms. The highest BCUT2D eigenvalue weighted by Crippen LogP contribution is 2.34. The molecule has 16 heavy (non-hydrogen) atoms. The van der Waals surface area contributed by atoms with Crippen LogP contribution in [0.3, 0.4) is 0 Å². The van der Waals surface area contributed by atoms with Gasteiger partial charge in [0.25, 0.3) is 0 Å². The molecule has 2 saturated heterocycles. The second-order valence-electron chi connectivity index (χ2n) is 4.30. The van der Waals surface area contributed by atoms with Gasteiger partial charge in [-0.3, -0.25) is 4.79 Å². The van der Waals surface area contributed by atoms with E-state index in [9.17, 15) is 4.79 Å². The van der Waals surface area contributed by atoms with Crippen molar-refractivity contribution in [2.45, 2.75) is 18.9 Å². The van der Waals surface area contributed by atoms with Crippen molar-refractivity contribution < 1.29 is 4.79 Å². The highest BCUT2D eigenvalue weighted by Gasteiger charge is 2.41. The Morgan fingerprint density at radius 3 is 3.25 bits per heavy atom. The quantitative estimate of drug-likeness (QED) is 0.744. The van der Waals surface area contributed by atoms with Gasteiger partial charge in [0.15, 0.2) is 5.13 Å². The Morgan fingerprint density at radius 1 is 1.62 bits per heavy atom. The maximum Gasteiger partial charge on any atom is 0.225 e. The van der Waals surface area contributed by atoms with Crippen LogP contribution in [-0.4, -0.2) is 30.0 Å². The van der Waals surface area contributed by atoms with Crippen LogP contribution in [0.1, 0.15) is 12.8 Å². The van der Waals surface area contributed by atoms with E-state index in [0.717, 1.165) is 36.1 Å². The van der Waals surface area contributed by atoms with E-state index < -0.39 is 0 Å². The maximum absolute atomic E-state index is 11.6. The third kappa shape index (κ3) is 1.44. The van der Waals surface area contributed by atoms with E-state index in [0.29, 0.717) is 0 Å². The van der Waals surface area contributed by atoms with Crippen LogP contribution in [0.15, 0.2) is 6.20 Å². The molecule has 1 amide bonds. The summed E-state index contributed by atoms with van der Waals surface area (Å²) < 4.78 is 0. The fourth-order valence-corrected chi connectivity index (χ4v) is 3.36. The number of thiazole rings is 1. The molecule has 5 nitrogen and oxygen atoms in total. The van der Waals surface area contributed by atoms with Gasteiger partial charge in [-0.1, -0.05) is 11.3 Å². The predicted octanol–water partition coefficient (Wildman–Crippen LogP) is 0.440. The van der Waals surface area contributed by atoms with E-state index >= 15 is 0 Å². The van der Waals surface area contributed by atoms with Crippen molar-refractivity contribution in [3.05, 3.63) is 6.20 Å². The van der Waals surface area contributed by atoms with Gasteiger partial charge in [0, 0.05) is 13.1 Å². The molecule has 0 aromatic carbocycles. The van der Waals surface area contributed by atoms with Gasteiger partial charge in [0.05, 0.1) is 18.2 Å². The lowest BCUT2D eigenvalue weighted by Gasteiger charge is -2.35. The number of carbonyl (C=O) groups excluding carboxylic acids is 1. The molecule has 0 aliphatic carbocycles. The molecule has 6 heteroatoms. The van der Waals surface area contributed by atoms with Crippen LogP contribution in [-0.2, 0) is 4.79 Å². The third-order valence-corrected chi connectivity index (χ3v) is 4.22. The molecule has 86 valence electrons. The lowest BCUT2D eigenvalue weighted by Crippen LogP contribution is -2.45.